The number of benzene rings is 2. The molecule has 7 nitrogen and oxygen atoms in total. The number of rotatable bonds is 5. The van der Waals surface area contributed by atoms with Crippen LogP contribution in [0.3, 0.4) is 0 Å². The molecule has 9 heteroatoms. The molecule has 1 saturated heterocycles. The molecule has 138 valence electrons. The number of nitro benzene ring substituents is 1. The number of hydrogen-bond donors (Lipinski definition) is 0. The van der Waals surface area contributed by atoms with Crippen molar-refractivity contribution in [3.63, 3.8) is 0 Å². The Balaban J connectivity index is 2.01. The monoisotopic (exact) mass is 394 g/mol. The minimum absolute atomic E-state index is 0.148. The average Bonchev–Trinajstić information content (AvgIpc) is 3.11. The van der Waals surface area contributed by atoms with Gasteiger partial charge in [0.2, 0.25) is 10.0 Å². The first-order valence-electron chi connectivity index (χ1n) is 7.87. The molecule has 2 aromatic carbocycles. The topological polar surface area (TPSA) is 89.8 Å². The van der Waals surface area contributed by atoms with Crippen molar-refractivity contribution in [1.82, 2.24) is 4.31 Å². The summed E-state index contributed by atoms with van der Waals surface area (Å²) in [5, 5.41) is 10.8. The minimum atomic E-state index is -3.70. The van der Waals surface area contributed by atoms with E-state index in [1.54, 1.807) is 24.3 Å². The highest BCUT2D eigenvalue weighted by Gasteiger charge is 2.37. The maximum absolute atomic E-state index is 13.1. The Morgan fingerprint density at radius 3 is 2.69 bits per heavy atom. The summed E-state index contributed by atoms with van der Waals surface area (Å²) in [6.07, 6.45) is 0. The van der Waals surface area contributed by atoms with Crippen molar-refractivity contribution in [3.05, 3.63) is 63.7 Å². The number of nitrogens with zero attached hydrogens (tertiary/aromatic N) is 2. The summed E-state index contributed by atoms with van der Waals surface area (Å²) >= 11 is 1.45. The molecule has 1 aliphatic heterocycles. The van der Waals surface area contributed by atoms with Crippen molar-refractivity contribution < 1.29 is 18.1 Å². The number of nitro groups is 1. The molecule has 1 fully saturated rings. The van der Waals surface area contributed by atoms with Gasteiger partial charge in [0.1, 0.15) is 0 Å². The SMILES string of the molecule is COc1ccc([C@H]2SCCN2S(=O)(=O)c2cccc(C)c2)cc1[N+](=O)[O-]. The van der Waals surface area contributed by atoms with Crippen LogP contribution in [0.1, 0.15) is 16.5 Å². The van der Waals surface area contributed by atoms with Crippen molar-refractivity contribution in [2.45, 2.75) is 17.2 Å². The molecule has 0 unspecified atom stereocenters. The maximum Gasteiger partial charge on any atom is 0.311 e. The summed E-state index contributed by atoms with van der Waals surface area (Å²) in [7, 11) is -2.33. The Hall–Kier alpha value is -2.10. The predicted octanol–water partition coefficient (Wildman–Crippen LogP) is 3.35. The van der Waals surface area contributed by atoms with Crippen LogP contribution in [-0.4, -0.2) is 37.1 Å². The lowest BCUT2D eigenvalue weighted by Crippen LogP contribution is -2.30. The number of hydrogen-bond acceptors (Lipinski definition) is 6. The summed E-state index contributed by atoms with van der Waals surface area (Å²) in [5.41, 5.74) is 1.25. The highest BCUT2D eigenvalue weighted by atomic mass is 32.2. The minimum Gasteiger partial charge on any atom is -0.490 e. The second-order valence-electron chi connectivity index (χ2n) is 5.84. The third-order valence-electron chi connectivity index (χ3n) is 4.13. The third kappa shape index (κ3) is 3.42. The summed E-state index contributed by atoms with van der Waals surface area (Å²) in [5.74, 6) is 0.769. The van der Waals surface area contributed by atoms with E-state index < -0.39 is 20.3 Å². The van der Waals surface area contributed by atoms with Gasteiger partial charge < -0.3 is 4.74 Å². The van der Waals surface area contributed by atoms with E-state index in [0.29, 0.717) is 17.9 Å². The van der Waals surface area contributed by atoms with Gasteiger partial charge in [-0.1, -0.05) is 18.2 Å². The van der Waals surface area contributed by atoms with Crippen LogP contribution in [0.2, 0.25) is 0 Å². The molecule has 0 aromatic heterocycles. The van der Waals surface area contributed by atoms with E-state index in [4.69, 9.17) is 4.74 Å². The van der Waals surface area contributed by atoms with Gasteiger partial charge in [-0.3, -0.25) is 10.1 Å². The first-order valence-corrected chi connectivity index (χ1v) is 10.4. The normalized spacial score (nSPS) is 18.0. The van der Waals surface area contributed by atoms with E-state index in [9.17, 15) is 18.5 Å². The number of thioether (sulfide) groups is 1. The Morgan fingerprint density at radius 2 is 2.04 bits per heavy atom. The molecule has 3 rings (SSSR count). The predicted molar refractivity (Wildman–Crippen MR) is 99.9 cm³/mol. The first-order chi connectivity index (χ1) is 12.3. The highest BCUT2D eigenvalue weighted by Crippen LogP contribution is 2.43. The molecule has 0 aliphatic carbocycles. The van der Waals surface area contributed by atoms with Crippen LogP contribution >= 0.6 is 11.8 Å². The van der Waals surface area contributed by atoms with E-state index in [0.717, 1.165) is 5.56 Å². The quantitative estimate of drug-likeness (QED) is 0.571. The largest absolute Gasteiger partial charge is 0.490 e. The van der Waals surface area contributed by atoms with Crippen LogP contribution in [0.4, 0.5) is 5.69 Å². The van der Waals surface area contributed by atoms with E-state index in [1.807, 2.05) is 13.0 Å². The standard InChI is InChI=1S/C17H18N2O5S2/c1-12-4-3-5-14(10-12)26(22,23)18-8-9-25-17(18)13-6-7-16(24-2)15(11-13)19(20)21/h3-7,10-11,17H,8-9H2,1-2H3/t17-/m1/s1. The second-order valence-corrected chi connectivity index (χ2v) is 8.92. The molecule has 1 atom stereocenters. The Kier molecular flexibility index (Phi) is 5.22. The van der Waals surface area contributed by atoms with Gasteiger partial charge in [0.05, 0.1) is 22.3 Å². The molecule has 0 spiro atoms. The van der Waals surface area contributed by atoms with E-state index in [1.165, 1.54) is 35.3 Å². The van der Waals surface area contributed by atoms with Gasteiger partial charge in [-0.2, -0.15) is 4.31 Å². The van der Waals surface area contributed by atoms with Gasteiger partial charge in [0.15, 0.2) is 5.75 Å². The fourth-order valence-corrected chi connectivity index (χ4v) is 6.21. The lowest BCUT2D eigenvalue weighted by atomic mass is 10.2. The molecule has 1 heterocycles. The molecule has 1 aliphatic rings. The van der Waals surface area contributed by atoms with Gasteiger partial charge in [0.25, 0.3) is 0 Å². The third-order valence-corrected chi connectivity index (χ3v) is 7.38. The number of ether oxygens (including phenoxy) is 1. The zero-order chi connectivity index (χ0) is 18.9. The molecule has 2 aromatic rings. The maximum atomic E-state index is 13.1. The van der Waals surface area contributed by atoms with Gasteiger partial charge in [-0.15, -0.1) is 11.8 Å². The lowest BCUT2D eigenvalue weighted by molar-refractivity contribution is -0.385. The van der Waals surface area contributed by atoms with Crippen LogP contribution in [-0.2, 0) is 10.0 Å². The van der Waals surface area contributed by atoms with Crippen molar-refractivity contribution in [3.8, 4) is 5.75 Å². The van der Waals surface area contributed by atoms with Crippen molar-refractivity contribution in [2.75, 3.05) is 19.4 Å². The lowest BCUT2D eigenvalue weighted by Gasteiger charge is -2.23. The molecular weight excluding hydrogens is 376 g/mol. The fraction of sp³-hybridized carbons (Fsp3) is 0.294. The summed E-state index contributed by atoms with van der Waals surface area (Å²) in [6, 6.07) is 11.3. The van der Waals surface area contributed by atoms with Crippen LogP contribution in [0.25, 0.3) is 0 Å². The van der Waals surface area contributed by atoms with Crippen molar-refractivity contribution >= 4 is 27.5 Å². The van der Waals surface area contributed by atoms with Crippen LogP contribution in [0.5, 0.6) is 5.75 Å². The van der Waals surface area contributed by atoms with Gasteiger partial charge in [-0.05, 0) is 36.2 Å². The number of sulfonamides is 1. The summed E-state index contributed by atoms with van der Waals surface area (Å²) < 4.78 is 32.6. The van der Waals surface area contributed by atoms with Crippen molar-refractivity contribution in [1.29, 1.82) is 0 Å². The van der Waals surface area contributed by atoms with Gasteiger partial charge in [0, 0.05) is 18.4 Å². The second kappa shape index (κ2) is 7.26. The van der Waals surface area contributed by atoms with Crippen LogP contribution in [0, 0.1) is 17.0 Å². The fourth-order valence-electron chi connectivity index (χ4n) is 2.88. The molecule has 26 heavy (non-hydrogen) atoms. The van der Waals surface area contributed by atoms with Crippen molar-refractivity contribution in [2.24, 2.45) is 0 Å². The summed E-state index contributed by atoms with van der Waals surface area (Å²) in [4.78, 5) is 11.0. The van der Waals surface area contributed by atoms with E-state index >= 15 is 0 Å². The summed E-state index contributed by atoms with van der Waals surface area (Å²) in [6.45, 7) is 2.19. The molecule has 0 amide bonds. The van der Waals surface area contributed by atoms with Gasteiger partial charge in [-0.25, -0.2) is 8.42 Å². The van der Waals surface area contributed by atoms with E-state index in [2.05, 4.69) is 0 Å². The van der Waals surface area contributed by atoms with Gasteiger partial charge >= 0.3 is 5.69 Å². The van der Waals surface area contributed by atoms with Crippen LogP contribution in [0.15, 0.2) is 47.4 Å². The van der Waals surface area contributed by atoms with Crippen LogP contribution < -0.4 is 4.74 Å². The highest BCUT2D eigenvalue weighted by molar-refractivity contribution is 8.01. The zero-order valence-electron chi connectivity index (χ0n) is 14.3. The number of aryl methyl sites for hydroxylation is 1. The molecule has 0 N–H and O–H groups in total. The number of methoxy groups -OCH3 is 1. The Labute approximate surface area is 156 Å². The smallest absolute Gasteiger partial charge is 0.311 e. The first kappa shape index (κ1) is 18.7. The molecule has 0 bridgehead atoms. The average molecular weight is 394 g/mol. The zero-order valence-corrected chi connectivity index (χ0v) is 15.9. The molecule has 0 radical (unpaired) electrons. The Bertz CT molecular complexity index is 946. The molecular formula is C17H18N2O5S2. The Morgan fingerprint density at radius 1 is 1.27 bits per heavy atom. The molecule has 0 saturated carbocycles. The van der Waals surface area contributed by atoms with E-state index in [-0.39, 0.29) is 16.3 Å².